The van der Waals surface area contributed by atoms with Gasteiger partial charge in [0.1, 0.15) is 0 Å². The van der Waals surface area contributed by atoms with E-state index in [1.165, 1.54) is 0 Å². The maximum absolute atomic E-state index is 5.47. The van der Waals surface area contributed by atoms with Gasteiger partial charge in [-0.25, -0.2) is 0 Å². The molecule has 1 radical (unpaired) electrons. The zero-order valence-corrected chi connectivity index (χ0v) is 6.56. The molecule has 1 rings (SSSR count). The molecule has 1 saturated heterocycles. The third kappa shape index (κ3) is 1.50. The molecule has 0 bridgehead atoms. The predicted molar refractivity (Wildman–Crippen MR) is 39.5 cm³/mol. The molecular formula is C8H15O2. The third-order valence-corrected chi connectivity index (χ3v) is 1.91. The molecule has 0 aromatic heterocycles. The Labute approximate surface area is 62.5 Å². The van der Waals surface area contributed by atoms with Crippen LogP contribution in [0.4, 0.5) is 0 Å². The van der Waals surface area contributed by atoms with Gasteiger partial charge >= 0.3 is 0 Å². The van der Waals surface area contributed by atoms with Crippen molar-refractivity contribution in [3.63, 3.8) is 0 Å². The van der Waals surface area contributed by atoms with E-state index in [0.717, 1.165) is 32.5 Å². The summed E-state index contributed by atoms with van der Waals surface area (Å²) in [6.07, 6.45) is 2.74. The highest BCUT2D eigenvalue weighted by Gasteiger charge is 2.32. The molecule has 1 aliphatic rings. The van der Waals surface area contributed by atoms with Crippen molar-refractivity contribution >= 4 is 0 Å². The molecule has 0 atom stereocenters. The summed E-state index contributed by atoms with van der Waals surface area (Å²) in [5, 5.41) is 0. The Balaban J connectivity index is 2.41. The Morgan fingerprint density at radius 1 is 1.40 bits per heavy atom. The number of hydrogen-bond acceptors (Lipinski definition) is 2. The summed E-state index contributed by atoms with van der Waals surface area (Å²) in [4.78, 5) is 0. The van der Waals surface area contributed by atoms with E-state index in [-0.39, 0.29) is 5.79 Å². The highest BCUT2D eigenvalue weighted by atomic mass is 16.7. The first kappa shape index (κ1) is 8.02. The predicted octanol–water partition coefficient (Wildman–Crippen LogP) is 1.75. The topological polar surface area (TPSA) is 18.5 Å². The van der Waals surface area contributed by atoms with Crippen molar-refractivity contribution in [3.8, 4) is 0 Å². The fraction of sp³-hybridized carbons (Fsp3) is 0.875. The van der Waals surface area contributed by atoms with Crippen LogP contribution < -0.4 is 0 Å². The summed E-state index contributed by atoms with van der Waals surface area (Å²) in [5.41, 5.74) is 0. The normalized spacial score (nSPS) is 23.4. The van der Waals surface area contributed by atoms with Gasteiger partial charge in [0.05, 0.1) is 13.2 Å². The van der Waals surface area contributed by atoms with Crippen molar-refractivity contribution in [2.24, 2.45) is 0 Å². The average Bonchev–Trinajstić information content (AvgIpc) is 2.39. The van der Waals surface area contributed by atoms with Gasteiger partial charge in [0.15, 0.2) is 5.79 Å². The van der Waals surface area contributed by atoms with Crippen LogP contribution in [0.15, 0.2) is 0 Å². The lowest BCUT2D eigenvalue weighted by atomic mass is 10.1. The molecule has 2 heteroatoms. The third-order valence-electron chi connectivity index (χ3n) is 1.91. The fourth-order valence-corrected chi connectivity index (χ4v) is 1.29. The lowest BCUT2D eigenvalue weighted by Crippen LogP contribution is -2.28. The Hall–Kier alpha value is -0.0800. The zero-order chi connectivity index (χ0) is 7.45. The first-order chi connectivity index (χ1) is 4.83. The van der Waals surface area contributed by atoms with E-state index in [9.17, 15) is 0 Å². The fourth-order valence-electron chi connectivity index (χ4n) is 1.29. The van der Waals surface area contributed by atoms with Crippen LogP contribution in [0, 0.1) is 6.92 Å². The Kier molecular flexibility index (Phi) is 2.69. The Bertz CT molecular complexity index is 95.4. The van der Waals surface area contributed by atoms with Crippen LogP contribution >= 0.6 is 0 Å². The van der Waals surface area contributed by atoms with Gasteiger partial charge in [-0.3, -0.25) is 0 Å². The molecule has 1 fully saturated rings. The molecule has 0 amide bonds. The highest BCUT2D eigenvalue weighted by molar-refractivity contribution is 4.72. The number of rotatable bonds is 3. The maximum Gasteiger partial charge on any atom is 0.168 e. The molecule has 59 valence electrons. The molecule has 0 unspecified atom stereocenters. The number of ether oxygens (including phenoxy) is 2. The molecule has 0 aromatic rings. The van der Waals surface area contributed by atoms with Crippen molar-refractivity contribution in [2.45, 2.75) is 32.0 Å². The lowest BCUT2D eigenvalue weighted by molar-refractivity contribution is -0.163. The zero-order valence-electron chi connectivity index (χ0n) is 6.56. The monoisotopic (exact) mass is 143 g/mol. The second kappa shape index (κ2) is 3.35. The summed E-state index contributed by atoms with van der Waals surface area (Å²) in [7, 11) is 0. The molecule has 0 spiro atoms. The molecule has 1 aliphatic heterocycles. The largest absolute Gasteiger partial charge is 0.348 e. The first-order valence-corrected chi connectivity index (χ1v) is 3.90. The molecule has 1 heterocycles. The van der Waals surface area contributed by atoms with Gasteiger partial charge < -0.3 is 9.47 Å². The van der Waals surface area contributed by atoms with E-state index in [1.807, 2.05) is 0 Å². The highest BCUT2D eigenvalue weighted by Crippen LogP contribution is 2.27. The molecule has 2 nitrogen and oxygen atoms in total. The van der Waals surface area contributed by atoms with Crippen molar-refractivity contribution in [1.82, 2.24) is 0 Å². The Morgan fingerprint density at radius 3 is 2.40 bits per heavy atom. The summed E-state index contributed by atoms with van der Waals surface area (Å²) < 4.78 is 10.9. The van der Waals surface area contributed by atoms with Gasteiger partial charge in [-0.1, -0.05) is 13.8 Å². The van der Waals surface area contributed by atoms with Gasteiger partial charge in [-0.05, 0) is 12.8 Å². The van der Waals surface area contributed by atoms with Gasteiger partial charge in [0, 0.05) is 6.42 Å². The minimum atomic E-state index is -0.276. The van der Waals surface area contributed by atoms with Gasteiger partial charge in [0.25, 0.3) is 0 Å². The first-order valence-electron chi connectivity index (χ1n) is 3.90. The van der Waals surface area contributed by atoms with Crippen LogP contribution in [0.2, 0.25) is 0 Å². The van der Waals surface area contributed by atoms with Crippen LogP contribution in [0.25, 0.3) is 0 Å². The second-order valence-electron chi connectivity index (χ2n) is 2.56. The SMILES string of the molecule is [CH2]CCC1(CC)OCCO1. The van der Waals surface area contributed by atoms with Crippen LogP contribution in [-0.2, 0) is 9.47 Å². The van der Waals surface area contributed by atoms with E-state index in [2.05, 4.69) is 13.8 Å². The molecule has 0 aromatic carbocycles. The van der Waals surface area contributed by atoms with E-state index in [4.69, 9.17) is 9.47 Å². The maximum atomic E-state index is 5.47. The molecule has 0 N–H and O–H groups in total. The quantitative estimate of drug-likeness (QED) is 0.599. The molecular weight excluding hydrogens is 128 g/mol. The van der Waals surface area contributed by atoms with Crippen LogP contribution in [0.1, 0.15) is 26.2 Å². The standard InChI is InChI=1S/C8H15O2/c1-3-5-8(4-2)9-6-7-10-8/h1,3-7H2,2H3. The average molecular weight is 143 g/mol. The van der Waals surface area contributed by atoms with E-state index >= 15 is 0 Å². The lowest BCUT2D eigenvalue weighted by Gasteiger charge is -2.24. The van der Waals surface area contributed by atoms with Gasteiger partial charge in [-0.15, -0.1) is 0 Å². The minimum absolute atomic E-state index is 0.276. The summed E-state index contributed by atoms with van der Waals surface area (Å²) in [6.45, 7) is 7.35. The molecule has 10 heavy (non-hydrogen) atoms. The molecule has 0 aliphatic carbocycles. The summed E-state index contributed by atoms with van der Waals surface area (Å²) >= 11 is 0. The van der Waals surface area contributed by atoms with Crippen molar-refractivity contribution in [2.75, 3.05) is 13.2 Å². The van der Waals surface area contributed by atoms with Crippen molar-refractivity contribution < 1.29 is 9.47 Å². The van der Waals surface area contributed by atoms with Gasteiger partial charge in [-0.2, -0.15) is 0 Å². The van der Waals surface area contributed by atoms with Crippen LogP contribution in [0.3, 0.4) is 0 Å². The van der Waals surface area contributed by atoms with Crippen molar-refractivity contribution in [1.29, 1.82) is 0 Å². The Morgan fingerprint density at radius 2 is 2.00 bits per heavy atom. The molecule has 0 saturated carbocycles. The number of hydrogen-bond donors (Lipinski definition) is 0. The van der Waals surface area contributed by atoms with E-state index < -0.39 is 0 Å². The van der Waals surface area contributed by atoms with Gasteiger partial charge in [0.2, 0.25) is 0 Å². The van der Waals surface area contributed by atoms with E-state index in [0.29, 0.717) is 0 Å². The van der Waals surface area contributed by atoms with Crippen LogP contribution in [0.5, 0.6) is 0 Å². The summed E-state index contributed by atoms with van der Waals surface area (Å²) in [6, 6.07) is 0. The van der Waals surface area contributed by atoms with Crippen LogP contribution in [-0.4, -0.2) is 19.0 Å². The summed E-state index contributed by atoms with van der Waals surface area (Å²) in [5.74, 6) is -0.276. The van der Waals surface area contributed by atoms with Crippen molar-refractivity contribution in [3.05, 3.63) is 6.92 Å². The van der Waals surface area contributed by atoms with E-state index in [1.54, 1.807) is 0 Å². The minimum Gasteiger partial charge on any atom is -0.348 e. The second-order valence-corrected chi connectivity index (χ2v) is 2.56. The smallest absolute Gasteiger partial charge is 0.168 e.